The molecular formula is C28H33FN4O4. The molecule has 0 radical (unpaired) electrons. The van der Waals surface area contributed by atoms with Gasteiger partial charge in [-0.25, -0.2) is 4.39 Å². The quantitative estimate of drug-likeness (QED) is 0.371. The van der Waals surface area contributed by atoms with Crippen LogP contribution in [0.25, 0.3) is 5.70 Å². The van der Waals surface area contributed by atoms with Crippen LogP contribution in [-0.4, -0.2) is 47.4 Å². The summed E-state index contributed by atoms with van der Waals surface area (Å²) in [7, 11) is 0. The van der Waals surface area contributed by atoms with E-state index in [-0.39, 0.29) is 17.8 Å². The molecule has 0 spiro atoms. The Morgan fingerprint density at radius 2 is 1.68 bits per heavy atom. The van der Waals surface area contributed by atoms with E-state index in [0.29, 0.717) is 17.7 Å². The number of carboxylic acid groups (broad SMARTS) is 1. The fraction of sp³-hybridized carbons (Fsp3) is 0.321. The van der Waals surface area contributed by atoms with Crippen molar-refractivity contribution in [2.75, 3.05) is 0 Å². The van der Waals surface area contributed by atoms with Gasteiger partial charge in [0.15, 0.2) is 0 Å². The summed E-state index contributed by atoms with van der Waals surface area (Å²) >= 11 is 0. The van der Waals surface area contributed by atoms with E-state index in [4.69, 9.17) is 0 Å². The number of benzene rings is 2. The average Bonchev–Trinajstić information content (AvgIpc) is 2.85. The molecule has 9 heteroatoms. The molecule has 0 aliphatic heterocycles. The van der Waals surface area contributed by atoms with Crippen molar-refractivity contribution in [3.05, 3.63) is 77.2 Å². The molecule has 0 unspecified atom stereocenters. The lowest BCUT2D eigenvalue weighted by Crippen LogP contribution is -2.54. The van der Waals surface area contributed by atoms with Crippen LogP contribution < -0.4 is 10.6 Å². The summed E-state index contributed by atoms with van der Waals surface area (Å²) < 4.78 is 13.2. The molecule has 0 heterocycles. The highest BCUT2D eigenvalue weighted by atomic mass is 19.1. The van der Waals surface area contributed by atoms with Crippen LogP contribution in [0.5, 0.6) is 0 Å². The van der Waals surface area contributed by atoms with Gasteiger partial charge in [0.25, 0.3) is 5.91 Å². The first kappa shape index (κ1) is 29.1. The van der Waals surface area contributed by atoms with Crippen molar-refractivity contribution in [1.29, 1.82) is 0 Å². The zero-order valence-electron chi connectivity index (χ0n) is 21.5. The number of carboxylic acids is 1. The third-order valence-corrected chi connectivity index (χ3v) is 5.61. The summed E-state index contributed by atoms with van der Waals surface area (Å²) in [5.74, 6) is -3.34. The molecule has 196 valence electrons. The number of aliphatic imine (C=N–C) groups is 2. The van der Waals surface area contributed by atoms with Gasteiger partial charge in [0, 0.05) is 22.9 Å². The largest absolute Gasteiger partial charge is 0.481 e. The van der Waals surface area contributed by atoms with Crippen molar-refractivity contribution in [2.24, 2.45) is 15.9 Å². The number of aliphatic carboxylic acids is 1. The molecule has 3 N–H and O–H groups in total. The number of nitrogens with zero attached hydrogens (tertiary/aromatic N) is 2. The molecule has 0 saturated carbocycles. The maximum absolute atomic E-state index is 13.2. The number of hydrogen-bond acceptors (Lipinski definition) is 5. The normalized spacial score (nSPS) is 13.6. The molecule has 2 rings (SSSR count). The number of nitrogens with one attached hydrogen (secondary N) is 2. The van der Waals surface area contributed by atoms with E-state index in [1.54, 1.807) is 69.6 Å². The highest BCUT2D eigenvalue weighted by Gasteiger charge is 2.30. The van der Waals surface area contributed by atoms with Gasteiger partial charge in [-0.15, -0.1) is 0 Å². The average molecular weight is 509 g/mol. The Morgan fingerprint density at radius 3 is 2.22 bits per heavy atom. The van der Waals surface area contributed by atoms with E-state index in [0.717, 1.165) is 5.56 Å². The van der Waals surface area contributed by atoms with E-state index in [2.05, 4.69) is 27.3 Å². The Hall–Kier alpha value is -4.14. The second-order valence-electron chi connectivity index (χ2n) is 9.33. The summed E-state index contributed by atoms with van der Waals surface area (Å²) in [6, 6.07) is 11.4. The standard InChI is InChI=1S/C28H33FN4O4/c1-6-31-17-24(30-5)20-9-11-21(12-10-20)25(34)32-23(15-18(2)27(36)37)26(35)33-28(3,4)16-19-7-13-22(29)14-8-19/h6-14,17-18,23H,5,15-16H2,1-4H3,(H,32,34)(H,33,35)(H,36,37)/b24-17-,31-6-/t18-,23-/m0/s1. The SMILES string of the molecule is C=N/C(=C\N=C/C)c1ccc(C(=O)N[C@@H](C[C@H](C)C(=O)O)C(=O)NC(C)(C)Cc2ccc(F)cc2)cc1. The Labute approximate surface area is 216 Å². The van der Waals surface area contributed by atoms with Gasteiger partial charge in [-0.05, 0) is 70.2 Å². The smallest absolute Gasteiger partial charge is 0.306 e. The second-order valence-corrected chi connectivity index (χ2v) is 9.33. The summed E-state index contributed by atoms with van der Waals surface area (Å²) in [5.41, 5.74) is 1.60. The lowest BCUT2D eigenvalue weighted by atomic mass is 9.93. The van der Waals surface area contributed by atoms with E-state index >= 15 is 0 Å². The molecule has 8 nitrogen and oxygen atoms in total. The molecule has 0 aliphatic rings. The first-order valence-corrected chi connectivity index (χ1v) is 11.8. The van der Waals surface area contributed by atoms with Gasteiger partial charge in [0.1, 0.15) is 11.9 Å². The number of carbonyl (C=O) groups is 3. The monoisotopic (exact) mass is 508 g/mol. The van der Waals surface area contributed by atoms with Crippen molar-refractivity contribution in [3.8, 4) is 0 Å². The Bertz CT molecular complexity index is 1170. The van der Waals surface area contributed by atoms with Gasteiger partial charge < -0.3 is 15.7 Å². The van der Waals surface area contributed by atoms with Gasteiger partial charge in [0.2, 0.25) is 5.91 Å². The molecule has 0 fully saturated rings. The first-order valence-electron chi connectivity index (χ1n) is 11.8. The first-order chi connectivity index (χ1) is 17.5. The van der Waals surface area contributed by atoms with Gasteiger partial charge >= 0.3 is 5.97 Å². The Morgan fingerprint density at radius 1 is 1.08 bits per heavy atom. The number of carbonyl (C=O) groups excluding carboxylic acids is 2. The summed E-state index contributed by atoms with van der Waals surface area (Å²) in [4.78, 5) is 45.6. The molecular weight excluding hydrogens is 475 g/mol. The predicted octanol–water partition coefficient (Wildman–Crippen LogP) is 4.26. The van der Waals surface area contributed by atoms with Crippen molar-refractivity contribution < 1.29 is 23.9 Å². The van der Waals surface area contributed by atoms with Gasteiger partial charge in [0.05, 0.1) is 17.8 Å². The van der Waals surface area contributed by atoms with Crippen LogP contribution in [0, 0.1) is 11.7 Å². The van der Waals surface area contributed by atoms with Crippen molar-refractivity contribution >= 4 is 36.4 Å². The van der Waals surface area contributed by atoms with E-state index in [9.17, 15) is 23.9 Å². The minimum Gasteiger partial charge on any atom is -0.481 e. The van der Waals surface area contributed by atoms with E-state index in [1.165, 1.54) is 19.1 Å². The molecule has 2 amide bonds. The molecule has 0 aliphatic carbocycles. The molecule has 0 saturated heterocycles. The molecule has 37 heavy (non-hydrogen) atoms. The predicted molar refractivity (Wildman–Crippen MR) is 143 cm³/mol. The number of hydrogen-bond donors (Lipinski definition) is 3. The van der Waals surface area contributed by atoms with Crippen molar-refractivity contribution in [1.82, 2.24) is 10.6 Å². The molecule has 2 atom stereocenters. The molecule has 2 aromatic rings. The van der Waals surface area contributed by atoms with Crippen LogP contribution in [0.4, 0.5) is 4.39 Å². The van der Waals surface area contributed by atoms with Crippen LogP contribution in [0.2, 0.25) is 0 Å². The van der Waals surface area contributed by atoms with Gasteiger partial charge in [-0.2, -0.15) is 0 Å². The molecule has 2 aromatic carbocycles. The fourth-order valence-corrected chi connectivity index (χ4v) is 3.65. The Balaban J connectivity index is 2.19. The molecule has 0 aromatic heterocycles. The lowest BCUT2D eigenvalue weighted by molar-refractivity contribution is -0.141. The van der Waals surface area contributed by atoms with Crippen LogP contribution >= 0.6 is 0 Å². The topological polar surface area (TPSA) is 120 Å². The molecule has 0 bridgehead atoms. The summed E-state index contributed by atoms with van der Waals surface area (Å²) in [6.45, 7) is 10.4. The van der Waals surface area contributed by atoms with Gasteiger partial charge in [-0.1, -0.05) is 31.2 Å². The minimum absolute atomic E-state index is 0.0973. The highest BCUT2D eigenvalue weighted by molar-refractivity contribution is 5.98. The third-order valence-electron chi connectivity index (χ3n) is 5.61. The second kappa shape index (κ2) is 13.2. The van der Waals surface area contributed by atoms with Crippen LogP contribution in [-0.2, 0) is 16.0 Å². The van der Waals surface area contributed by atoms with E-state index in [1.807, 2.05) is 0 Å². The van der Waals surface area contributed by atoms with Crippen LogP contribution in [0.1, 0.15) is 55.6 Å². The number of amides is 2. The maximum Gasteiger partial charge on any atom is 0.306 e. The van der Waals surface area contributed by atoms with Crippen LogP contribution in [0.3, 0.4) is 0 Å². The minimum atomic E-state index is -1.09. The zero-order valence-corrected chi connectivity index (χ0v) is 21.5. The fourth-order valence-electron chi connectivity index (χ4n) is 3.65. The van der Waals surface area contributed by atoms with Crippen LogP contribution in [0.15, 0.2) is 64.7 Å². The lowest BCUT2D eigenvalue weighted by Gasteiger charge is -2.30. The number of rotatable bonds is 12. The third kappa shape index (κ3) is 9.10. The Kier molecular flexibility index (Phi) is 10.4. The highest BCUT2D eigenvalue weighted by Crippen LogP contribution is 2.18. The number of halogens is 1. The summed E-state index contributed by atoms with van der Waals surface area (Å²) in [5, 5.41) is 14.9. The van der Waals surface area contributed by atoms with E-state index < -0.39 is 35.3 Å². The zero-order chi connectivity index (χ0) is 27.6. The van der Waals surface area contributed by atoms with Gasteiger partial charge in [-0.3, -0.25) is 24.4 Å². The van der Waals surface area contributed by atoms with Crippen molar-refractivity contribution in [3.63, 3.8) is 0 Å². The van der Waals surface area contributed by atoms with Crippen molar-refractivity contribution in [2.45, 2.75) is 52.1 Å². The maximum atomic E-state index is 13.2. The summed E-state index contributed by atoms with van der Waals surface area (Å²) in [6.07, 6.45) is 3.46.